The summed E-state index contributed by atoms with van der Waals surface area (Å²) in [5.41, 5.74) is 4.40. The van der Waals surface area contributed by atoms with Gasteiger partial charge in [0.15, 0.2) is 0 Å². The maximum absolute atomic E-state index is 13.8. The van der Waals surface area contributed by atoms with E-state index >= 15 is 0 Å². The molecule has 6 nitrogen and oxygen atoms in total. The Kier molecular flexibility index (Phi) is 6.22. The van der Waals surface area contributed by atoms with Crippen LogP contribution >= 0.6 is 0 Å². The lowest BCUT2D eigenvalue weighted by Crippen LogP contribution is -2.46. The first-order valence-corrected chi connectivity index (χ1v) is 13.6. The maximum Gasteiger partial charge on any atom is 0.255 e. The quantitative estimate of drug-likeness (QED) is 0.545. The van der Waals surface area contributed by atoms with Crippen LogP contribution < -0.4 is 0 Å². The van der Waals surface area contributed by atoms with E-state index in [9.17, 15) is 15.2 Å². The molecule has 1 amide bonds. The molecule has 1 aromatic heterocycles. The number of benzene rings is 2. The highest BCUT2D eigenvalue weighted by molar-refractivity contribution is 6.05. The van der Waals surface area contributed by atoms with Crippen molar-refractivity contribution in [3.8, 4) is 6.07 Å². The van der Waals surface area contributed by atoms with Gasteiger partial charge in [0, 0.05) is 42.3 Å². The molecule has 6 rings (SSSR count). The molecule has 3 heterocycles. The van der Waals surface area contributed by atoms with E-state index in [2.05, 4.69) is 42.2 Å². The van der Waals surface area contributed by atoms with Crippen LogP contribution in [0.2, 0.25) is 0 Å². The monoisotopic (exact) mass is 494 g/mol. The molecule has 6 heteroatoms. The molecule has 0 radical (unpaired) electrons. The molecule has 190 valence electrons. The molecule has 1 N–H and O–H groups in total. The second-order valence-electron chi connectivity index (χ2n) is 11.0. The van der Waals surface area contributed by atoms with Gasteiger partial charge in [-0.1, -0.05) is 49.2 Å². The van der Waals surface area contributed by atoms with Gasteiger partial charge >= 0.3 is 0 Å². The molecule has 1 aliphatic carbocycles. The summed E-state index contributed by atoms with van der Waals surface area (Å²) in [6, 6.07) is 18.7. The number of hydrogen-bond donors (Lipinski definition) is 1. The highest BCUT2D eigenvalue weighted by Crippen LogP contribution is 2.43. The van der Waals surface area contributed by atoms with Crippen LogP contribution in [0.15, 0.2) is 54.7 Å². The van der Waals surface area contributed by atoms with Crippen LogP contribution in [-0.2, 0) is 12.0 Å². The maximum atomic E-state index is 13.8. The number of carbonyl (C=O) groups excluding carboxylic acids is 1. The molecule has 0 spiro atoms. The van der Waals surface area contributed by atoms with Crippen LogP contribution in [0.1, 0.15) is 78.5 Å². The Hall–Kier alpha value is -3.27. The van der Waals surface area contributed by atoms with Gasteiger partial charge in [0.1, 0.15) is 0 Å². The number of aliphatic hydroxyl groups excluding tert-OH is 1. The van der Waals surface area contributed by atoms with E-state index in [1.165, 1.54) is 0 Å². The summed E-state index contributed by atoms with van der Waals surface area (Å²) in [5, 5.41) is 21.9. The van der Waals surface area contributed by atoms with Gasteiger partial charge < -0.3 is 10.0 Å². The number of fused-ring (bicyclic) bond motifs is 3. The van der Waals surface area contributed by atoms with Crippen molar-refractivity contribution in [3.05, 3.63) is 77.0 Å². The van der Waals surface area contributed by atoms with E-state index in [-0.39, 0.29) is 18.0 Å². The zero-order chi connectivity index (χ0) is 25.6. The normalized spacial score (nSPS) is 25.7. The van der Waals surface area contributed by atoms with Gasteiger partial charge in [-0.25, -0.2) is 0 Å². The number of rotatable bonds is 4. The molecule has 3 aliphatic rings. The summed E-state index contributed by atoms with van der Waals surface area (Å²) in [7, 11) is 0. The van der Waals surface area contributed by atoms with E-state index < -0.39 is 11.5 Å². The smallest absolute Gasteiger partial charge is 0.255 e. The van der Waals surface area contributed by atoms with Crippen LogP contribution in [0.25, 0.3) is 10.9 Å². The molecule has 37 heavy (non-hydrogen) atoms. The number of nitriles is 1. The average molecular weight is 495 g/mol. The number of hydrogen-bond acceptors (Lipinski definition) is 5. The molecule has 3 unspecified atom stereocenters. The third kappa shape index (κ3) is 4.02. The van der Waals surface area contributed by atoms with E-state index in [0.29, 0.717) is 0 Å². The van der Waals surface area contributed by atoms with Crippen molar-refractivity contribution in [3.63, 3.8) is 0 Å². The summed E-state index contributed by atoms with van der Waals surface area (Å²) in [6.07, 6.45) is 6.58. The third-order valence-corrected chi connectivity index (χ3v) is 9.01. The van der Waals surface area contributed by atoms with Gasteiger partial charge in [0.05, 0.1) is 35.2 Å². The number of nitrogens with zero attached hydrogens (tertiary/aromatic N) is 4. The molecule has 0 bridgehead atoms. The average Bonchev–Trinajstić information content (AvgIpc) is 3.19. The summed E-state index contributed by atoms with van der Waals surface area (Å²) in [5.74, 6) is 0.0217. The number of carbonyl (C=O) groups is 1. The van der Waals surface area contributed by atoms with Gasteiger partial charge in [-0.2, -0.15) is 5.26 Å². The largest absolute Gasteiger partial charge is 0.391 e. The second kappa shape index (κ2) is 9.55. The Balaban J connectivity index is 1.29. The van der Waals surface area contributed by atoms with Gasteiger partial charge in [-0.05, 0) is 55.9 Å². The number of aliphatic hydroxyl groups is 1. The molecule has 2 fully saturated rings. The second-order valence-corrected chi connectivity index (χ2v) is 11.0. The van der Waals surface area contributed by atoms with Gasteiger partial charge in [-0.15, -0.1) is 0 Å². The fourth-order valence-electron chi connectivity index (χ4n) is 6.93. The van der Waals surface area contributed by atoms with Crippen LogP contribution in [0.5, 0.6) is 0 Å². The number of pyridine rings is 1. The van der Waals surface area contributed by atoms with Crippen molar-refractivity contribution in [1.29, 1.82) is 5.26 Å². The molecule has 1 saturated heterocycles. The van der Waals surface area contributed by atoms with Crippen LogP contribution in [0.4, 0.5) is 0 Å². The molecule has 3 aromatic rings. The summed E-state index contributed by atoms with van der Waals surface area (Å²) < 4.78 is 0. The minimum Gasteiger partial charge on any atom is -0.391 e. The summed E-state index contributed by atoms with van der Waals surface area (Å²) in [4.78, 5) is 22.8. The third-order valence-electron chi connectivity index (χ3n) is 9.01. The molecule has 1 saturated carbocycles. The number of amides is 1. The zero-order valence-electron chi connectivity index (χ0n) is 21.4. The lowest BCUT2D eigenvalue weighted by molar-refractivity contribution is 0.00975. The Bertz CT molecular complexity index is 1360. The minimum absolute atomic E-state index is 0.0217. The summed E-state index contributed by atoms with van der Waals surface area (Å²) in [6.45, 7) is 4.45. The van der Waals surface area contributed by atoms with Crippen molar-refractivity contribution >= 4 is 16.8 Å². The predicted octanol–water partition coefficient (Wildman–Crippen LogP) is 5.11. The number of piperidine rings is 1. The lowest BCUT2D eigenvalue weighted by Gasteiger charge is -2.38. The van der Waals surface area contributed by atoms with E-state index in [4.69, 9.17) is 4.98 Å². The van der Waals surface area contributed by atoms with E-state index in [0.717, 1.165) is 91.3 Å². The van der Waals surface area contributed by atoms with Gasteiger partial charge in [0.25, 0.3) is 5.91 Å². The molecule has 2 aromatic carbocycles. The van der Waals surface area contributed by atoms with Crippen molar-refractivity contribution in [2.24, 2.45) is 0 Å². The molecule has 2 aliphatic heterocycles. The Labute approximate surface area is 218 Å². The van der Waals surface area contributed by atoms with Crippen LogP contribution in [0.3, 0.4) is 0 Å². The fourth-order valence-corrected chi connectivity index (χ4v) is 6.93. The van der Waals surface area contributed by atoms with Gasteiger partial charge in [-0.3, -0.25) is 14.7 Å². The lowest BCUT2D eigenvalue weighted by atomic mass is 9.74. The van der Waals surface area contributed by atoms with Crippen molar-refractivity contribution in [2.75, 3.05) is 13.1 Å². The van der Waals surface area contributed by atoms with Crippen LogP contribution in [0, 0.1) is 11.3 Å². The first kappa shape index (κ1) is 24.1. The first-order valence-electron chi connectivity index (χ1n) is 13.6. The Morgan fingerprint density at radius 3 is 2.59 bits per heavy atom. The van der Waals surface area contributed by atoms with E-state index in [1.807, 2.05) is 35.4 Å². The fraction of sp³-hybridized carbons (Fsp3) is 0.452. The van der Waals surface area contributed by atoms with Crippen molar-refractivity contribution in [1.82, 2.24) is 14.8 Å². The predicted molar refractivity (Wildman–Crippen MR) is 143 cm³/mol. The molecular formula is C31H34N4O2. The highest BCUT2D eigenvalue weighted by Gasteiger charge is 2.43. The van der Waals surface area contributed by atoms with Gasteiger partial charge in [0.2, 0.25) is 0 Å². The topological polar surface area (TPSA) is 80.5 Å². The standard InChI is InChI=1S/C31H34N4O2/c1-21-28-25(30(37)35(21)26-11-5-6-12-27(26)36)18-22(24-10-7-15-33-29(24)28)19-34-16-13-31(20-32,14-17-34)23-8-3-2-4-9-23/h2-4,7-10,15,18,21,26-27,36H,5-6,11-14,16-17,19H2,1H3. The molecular weight excluding hydrogens is 460 g/mol. The van der Waals surface area contributed by atoms with E-state index in [1.54, 1.807) is 0 Å². The number of aromatic nitrogens is 1. The minimum atomic E-state index is -0.466. The summed E-state index contributed by atoms with van der Waals surface area (Å²) >= 11 is 0. The van der Waals surface area contributed by atoms with Crippen molar-refractivity contribution in [2.45, 2.75) is 75.6 Å². The molecule has 3 atom stereocenters. The van der Waals surface area contributed by atoms with Crippen molar-refractivity contribution < 1.29 is 9.90 Å². The highest BCUT2D eigenvalue weighted by atomic mass is 16.3. The number of likely N-dealkylation sites (tertiary alicyclic amines) is 1. The SMILES string of the molecule is CC1c2c(cc(CN3CCC(C#N)(c4ccccc4)CC3)c3cccnc23)C(=O)N1C1CCCCC1O. The Morgan fingerprint density at radius 2 is 1.86 bits per heavy atom. The Morgan fingerprint density at radius 1 is 1.11 bits per heavy atom. The first-order chi connectivity index (χ1) is 18.0. The zero-order valence-corrected chi connectivity index (χ0v) is 21.4. The van der Waals surface area contributed by atoms with Crippen LogP contribution in [-0.4, -0.2) is 51.0 Å².